The fraction of sp³-hybridized carbons (Fsp3) is 0.421. The fourth-order valence-electron chi connectivity index (χ4n) is 6.22. The number of benzene rings is 3. The van der Waals surface area contributed by atoms with Gasteiger partial charge in [-0.1, -0.05) is 107 Å². The molecule has 0 aromatic heterocycles. The molecule has 8 nitrogen and oxygen atoms in total. The number of carbonyl (C=O) groups excluding carboxylic acids is 4. The molecule has 0 saturated carbocycles. The Morgan fingerprint density at radius 2 is 1.45 bits per heavy atom. The summed E-state index contributed by atoms with van der Waals surface area (Å²) < 4.78 is 16.8. The molecule has 1 aliphatic heterocycles. The van der Waals surface area contributed by atoms with Crippen molar-refractivity contribution in [2.75, 3.05) is 13.2 Å². The summed E-state index contributed by atoms with van der Waals surface area (Å²) in [6, 6.07) is 27.2. The largest absolute Gasteiger partial charge is 0.466 e. The molecule has 47 heavy (non-hydrogen) atoms. The Morgan fingerprint density at radius 1 is 0.872 bits per heavy atom. The van der Waals surface area contributed by atoms with Crippen molar-refractivity contribution < 1.29 is 33.4 Å². The normalized spacial score (nSPS) is 17.1. The van der Waals surface area contributed by atoms with Gasteiger partial charge < -0.3 is 14.2 Å². The van der Waals surface area contributed by atoms with Crippen LogP contribution in [0.3, 0.4) is 0 Å². The lowest BCUT2D eigenvalue weighted by molar-refractivity contribution is -0.145. The van der Waals surface area contributed by atoms with Gasteiger partial charge in [0.25, 0.3) is 0 Å². The molecule has 0 N–H and O–H groups in total. The second-order valence-corrected chi connectivity index (χ2v) is 14.8. The van der Waals surface area contributed by atoms with Crippen molar-refractivity contribution in [3.05, 3.63) is 90.5 Å². The number of hydrogen-bond acceptors (Lipinski definition) is 7. The van der Waals surface area contributed by atoms with Crippen LogP contribution in [0.4, 0.5) is 4.79 Å². The number of nitrogens with zero attached hydrogens (tertiary/aromatic N) is 1. The van der Waals surface area contributed by atoms with Crippen LogP contribution >= 0.6 is 7.92 Å². The third kappa shape index (κ3) is 8.86. The van der Waals surface area contributed by atoms with Crippen LogP contribution < -0.4 is 15.9 Å². The number of cyclic esters (lactones) is 1. The lowest BCUT2D eigenvalue weighted by Gasteiger charge is -2.33. The molecule has 1 heterocycles. The molecule has 0 spiro atoms. The Kier molecular flexibility index (Phi) is 12.7. The number of carbonyl (C=O) groups is 4. The van der Waals surface area contributed by atoms with E-state index in [2.05, 4.69) is 24.3 Å². The summed E-state index contributed by atoms with van der Waals surface area (Å²) >= 11 is 0. The zero-order valence-electron chi connectivity index (χ0n) is 28.1. The molecule has 3 aromatic rings. The minimum atomic E-state index is -1.11. The summed E-state index contributed by atoms with van der Waals surface area (Å²) in [5.74, 6) is -2.57. The van der Waals surface area contributed by atoms with E-state index in [-0.39, 0.29) is 36.8 Å². The molecular weight excluding hydrogens is 613 g/mol. The molecule has 0 bridgehead atoms. The van der Waals surface area contributed by atoms with E-state index in [0.29, 0.717) is 18.6 Å². The summed E-state index contributed by atoms with van der Waals surface area (Å²) in [6.07, 6.45) is -0.866. The van der Waals surface area contributed by atoms with Crippen molar-refractivity contribution >= 4 is 47.8 Å². The topological polar surface area (TPSA) is 99.2 Å². The average Bonchev–Trinajstić information content (AvgIpc) is 3.45. The molecule has 0 unspecified atom stereocenters. The quantitative estimate of drug-likeness (QED) is 0.115. The first-order valence-electron chi connectivity index (χ1n) is 16.4. The first-order chi connectivity index (χ1) is 22.5. The Balaban J connectivity index is 1.69. The fourth-order valence-corrected chi connectivity index (χ4v) is 8.65. The van der Waals surface area contributed by atoms with E-state index < -0.39 is 44.0 Å². The average molecular weight is 660 g/mol. The highest BCUT2D eigenvalue weighted by Crippen LogP contribution is 2.35. The number of esters is 2. The van der Waals surface area contributed by atoms with Crippen molar-refractivity contribution in [3.63, 3.8) is 0 Å². The van der Waals surface area contributed by atoms with Crippen LogP contribution in [0.15, 0.2) is 84.9 Å². The van der Waals surface area contributed by atoms with Gasteiger partial charge in [-0.15, -0.1) is 0 Å². The van der Waals surface area contributed by atoms with E-state index in [9.17, 15) is 19.2 Å². The van der Waals surface area contributed by atoms with Crippen LogP contribution in [-0.4, -0.2) is 54.2 Å². The number of imide groups is 1. The number of hydrogen-bond donors (Lipinski definition) is 0. The minimum Gasteiger partial charge on any atom is -0.466 e. The van der Waals surface area contributed by atoms with Crippen LogP contribution in [-0.2, 0) is 23.8 Å². The zero-order valence-corrected chi connectivity index (χ0v) is 29.0. The van der Waals surface area contributed by atoms with Crippen molar-refractivity contribution in [2.24, 2.45) is 23.7 Å². The summed E-state index contributed by atoms with van der Waals surface area (Å²) in [4.78, 5) is 54.4. The van der Waals surface area contributed by atoms with Gasteiger partial charge >= 0.3 is 18.0 Å². The van der Waals surface area contributed by atoms with Crippen LogP contribution in [0.1, 0.15) is 64.7 Å². The summed E-state index contributed by atoms with van der Waals surface area (Å²) in [6.45, 7) is 11.6. The molecule has 3 aromatic carbocycles. The Hall–Kier alpha value is -4.03. The van der Waals surface area contributed by atoms with Gasteiger partial charge in [0.1, 0.15) is 12.7 Å². The van der Waals surface area contributed by atoms with Crippen molar-refractivity contribution in [1.29, 1.82) is 0 Å². The number of ether oxygens (including phenoxy) is 3. The van der Waals surface area contributed by atoms with Gasteiger partial charge in [-0.2, -0.15) is 0 Å². The van der Waals surface area contributed by atoms with Gasteiger partial charge in [0.2, 0.25) is 5.91 Å². The molecule has 9 heteroatoms. The van der Waals surface area contributed by atoms with Gasteiger partial charge in [-0.05, 0) is 67.9 Å². The number of rotatable bonds is 14. The van der Waals surface area contributed by atoms with Gasteiger partial charge in [-0.3, -0.25) is 9.59 Å². The Labute approximate surface area is 279 Å². The molecular formula is C38H46NO7P. The van der Waals surface area contributed by atoms with Crippen LogP contribution in [0.5, 0.6) is 0 Å². The molecule has 250 valence electrons. The van der Waals surface area contributed by atoms with Gasteiger partial charge in [-0.25, -0.2) is 14.5 Å². The monoisotopic (exact) mass is 659 g/mol. The van der Waals surface area contributed by atoms with E-state index in [0.717, 1.165) is 15.9 Å². The first kappa shape index (κ1) is 35.8. The Bertz CT molecular complexity index is 1470. The molecule has 0 aliphatic carbocycles. The number of amides is 2. The van der Waals surface area contributed by atoms with E-state index in [4.69, 9.17) is 14.2 Å². The molecule has 0 radical (unpaired) electrons. The minimum absolute atomic E-state index is 0.0114. The highest BCUT2D eigenvalue weighted by atomic mass is 31.1. The zero-order chi connectivity index (χ0) is 34.1. The van der Waals surface area contributed by atoms with E-state index in [1.165, 1.54) is 4.90 Å². The van der Waals surface area contributed by atoms with Crippen LogP contribution in [0, 0.1) is 23.7 Å². The second-order valence-electron chi connectivity index (χ2n) is 12.6. The smallest absolute Gasteiger partial charge is 0.416 e. The first-order valence-corrected chi connectivity index (χ1v) is 17.7. The maximum absolute atomic E-state index is 14.3. The second kappa shape index (κ2) is 16.7. The Morgan fingerprint density at radius 3 is 2.02 bits per heavy atom. The predicted octanol–water partition coefficient (Wildman–Crippen LogP) is 6.23. The summed E-state index contributed by atoms with van der Waals surface area (Å²) in [7, 11) is -1.11. The lowest BCUT2D eigenvalue weighted by atomic mass is 9.84. The standard InChI is InChI=1S/C38H46NO7P/c1-7-44-34(40)23-26(4)22-27(5)35(28(6)36(41)39-32(25(2)3)24-45-38(39)43)46-37(42)31-20-14-15-21-33(31)47(29-16-10-8-11-17-29)30-18-12-9-13-19-30/h8-21,25-28,32,35H,7,22-24H2,1-6H3/t26-,27-,28+,32+,35+/m1/s1. The lowest BCUT2D eigenvalue weighted by Crippen LogP contribution is -2.49. The summed E-state index contributed by atoms with van der Waals surface area (Å²) in [5.41, 5.74) is 0.420. The maximum atomic E-state index is 14.3. The van der Waals surface area contributed by atoms with Gasteiger partial charge in [0.15, 0.2) is 0 Å². The molecule has 1 aliphatic rings. The van der Waals surface area contributed by atoms with Crippen molar-refractivity contribution in [2.45, 2.75) is 66.5 Å². The van der Waals surface area contributed by atoms with Crippen LogP contribution in [0.2, 0.25) is 0 Å². The molecule has 4 rings (SSSR count). The van der Waals surface area contributed by atoms with Gasteiger partial charge in [0, 0.05) is 6.42 Å². The third-order valence-electron chi connectivity index (χ3n) is 8.59. The SMILES string of the molecule is CCOC(=O)C[C@H](C)C[C@@H](C)[C@H](OC(=O)c1ccccc1P(c1ccccc1)c1ccccc1)[C@H](C)C(=O)N1C(=O)OC[C@H]1C(C)C. The third-order valence-corrected chi connectivity index (χ3v) is 11.1. The van der Waals surface area contributed by atoms with E-state index in [1.54, 1.807) is 19.9 Å². The van der Waals surface area contributed by atoms with Crippen LogP contribution in [0.25, 0.3) is 0 Å². The van der Waals surface area contributed by atoms with E-state index in [1.807, 2.05) is 82.3 Å². The van der Waals surface area contributed by atoms with E-state index >= 15 is 0 Å². The van der Waals surface area contributed by atoms with Crippen molar-refractivity contribution in [3.8, 4) is 0 Å². The van der Waals surface area contributed by atoms with Gasteiger partial charge in [0.05, 0.1) is 24.1 Å². The predicted molar refractivity (Wildman–Crippen MR) is 185 cm³/mol. The maximum Gasteiger partial charge on any atom is 0.416 e. The molecule has 5 atom stereocenters. The summed E-state index contributed by atoms with van der Waals surface area (Å²) in [5, 5.41) is 3.01. The highest BCUT2D eigenvalue weighted by Gasteiger charge is 2.45. The molecule has 1 fully saturated rings. The molecule has 2 amide bonds. The molecule has 1 saturated heterocycles. The highest BCUT2D eigenvalue weighted by molar-refractivity contribution is 7.80. The van der Waals surface area contributed by atoms with Crippen molar-refractivity contribution in [1.82, 2.24) is 4.90 Å².